The zero-order chi connectivity index (χ0) is 14.9. The van der Waals surface area contributed by atoms with Crippen LogP contribution in [0, 0.1) is 24.0 Å². The molecular weight excluding hydrogens is 282 g/mol. The average molecular weight is 294 g/mol. The second-order valence-corrected chi connectivity index (χ2v) is 4.76. The minimum atomic E-state index is -0.479. The Hall–Kier alpha value is -2.21. The monoisotopic (exact) mass is 293 g/mol. The molecule has 0 spiro atoms. The molecule has 0 amide bonds. The summed E-state index contributed by atoms with van der Waals surface area (Å²) in [6.07, 6.45) is 0.731. The molecule has 7 heteroatoms. The normalized spacial score (nSPS) is 10.6. The minimum Gasteiger partial charge on any atom is -0.298 e. The van der Waals surface area contributed by atoms with Gasteiger partial charge in [0, 0.05) is 11.8 Å². The third-order valence-corrected chi connectivity index (χ3v) is 3.51. The number of nitro groups is 1. The van der Waals surface area contributed by atoms with Gasteiger partial charge >= 0.3 is 0 Å². The molecule has 0 N–H and O–H groups in total. The first-order valence-electron chi connectivity index (χ1n) is 5.86. The molecule has 0 atom stereocenters. The van der Waals surface area contributed by atoms with Gasteiger partial charge in [-0.05, 0) is 19.9 Å². The third kappa shape index (κ3) is 2.42. The van der Waals surface area contributed by atoms with Crippen molar-refractivity contribution in [2.75, 3.05) is 0 Å². The summed E-state index contributed by atoms with van der Waals surface area (Å²) in [5, 5.41) is 15.6. The van der Waals surface area contributed by atoms with Crippen LogP contribution < -0.4 is 0 Å². The van der Waals surface area contributed by atoms with Crippen LogP contribution in [0.25, 0.3) is 0 Å². The molecular formula is C13H12ClN3O3. The lowest BCUT2D eigenvalue weighted by atomic mass is 10.1. The highest BCUT2D eigenvalue weighted by atomic mass is 35.5. The van der Waals surface area contributed by atoms with Gasteiger partial charge in [-0.15, -0.1) is 0 Å². The lowest BCUT2D eigenvalue weighted by Crippen LogP contribution is -2.07. The minimum absolute atomic E-state index is 0.0577. The number of aldehydes is 1. The van der Waals surface area contributed by atoms with E-state index in [0.717, 1.165) is 6.29 Å². The first-order valence-corrected chi connectivity index (χ1v) is 6.24. The van der Waals surface area contributed by atoms with Crippen LogP contribution in [0.1, 0.15) is 27.3 Å². The number of hydrogen-bond acceptors (Lipinski definition) is 4. The Kier molecular flexibility index (Phi) is 3.85. The molecule has 0 bridgehead atoms. The largest absolute Gasteiger partial charge is 0.298 e. The summed E-state index contributed by atoms with van der Waals surface area (Å²) >= 11 is 6.04. The van der Waals surface area contributed by atoms with Crippen molar-refractivity contribution in [1.82, 2.24) is 9.78 Å². The van der Waals surface area contributed by atoms with Crippen LogP contribution in [0.5, 0.6) is 0 Å². The Bertz CT molecular complexity index is 694. The summed E-state index contributed by atoms with van der Waals surface area (Å²) in [6.45, 7) is 3.61. The first kappa shape index (κ1) is 14.2. The Labute approximate surface area is 120 Å². The SMILES string of the molecule is Cc1nn(Cc2c(Cl)cccc2[N+](=O)[O-])c(C)c1C=O. The van der Waals surface area contributed by atoms with E-state index in [0.29, 0.717) is 27.5 Å². The van der Waals surface area contributed by atoms with Crippen molar-refractivity contribution in [3.05, 3.63) is 55.9 Å². The van der Waals surface area contributed by atoms with Crippen molar-refractivity contribution < 1.29 is 9.72 Å². The summed E-state index contributed by atoms with van der Waals surface area (Å²) in [5.41, 5.74) is 2.07. The van der Waals surface area contributed by atoms with Crippen molar-refractivity contribution in [3.8, 4) is 0 Å². The van der Waals surface area contributed by atoms with E-state index in [2.05, 4.69) is 5.10 Å². The fraction of sp³-hybridized carbons (Fsp3) is 0.231. The highest BCUT2D eigenvalue weighted by Crippen LogP contribution is 2.27. The summed E-state index contributed by atoms with van der Waals surface area (Å²) in [4.78, 5) is 21.5. The number of hydrogen-bond donors (Lipinski definition) is 0. The van der Waals surface area contributed by atoms with Crippen LogP contribution in [0.4, 0.5) is 5.69 Å². The predicted octanol–water partition coefficient (Wildman–Crippen LogP) is 2.92. The molecule has 1 heterocycles. The van der Waals surface area contributed by atoms with Gasteiger partial charge in [0.05, 0.1) is 33.3 Å². The lowest BCUT2D eigenvalue weighted by Gasteiger charge is -2.07. The van der Waals surface area contributed by atoms with Crippen LogP contribution in [0.15, 0.2) is 18.2 Å². The van der Waals surface area contributed by atoms with Crippen LogP contribution >= 0.6 is 11.6 Å². The van der Waals surface area contributed by atoms with Gasteiger partial charge in [0.1, 0.15) is 0 Å². The first-order chi connectivity index (χ1) is 9.45. The van der Waals surface area contributed by atoms with Gasteiger partial charge in [0.15, 0.2) is 6.29 Å². The zero-order valence-corrected chi connectivity index (χ0v) is 11.7. The van der Waals surface area contributed by atoms with E-state index in [-0.39, 0.29) is 12.2 Å². The van der Waals surface area contributed by atoms with E-state index in [1.54, 1.807) is 24.6 Å². The third-order valence-electron chi connectivity index (χ3n) is 3.15. The molecule has 0 saturated carbocycles. The number of aryl methyl sites for hydroxylation is 1. The smallest absolute Gasteiger partial charge is 0.275 e. The average Bonchev–Trinajstić information content (AvgIpc) is 2.66. The summed E-state index contributed by atoms with van der Waals surface area (Å²) in [7, 11) is 0. The molecule has 2 rings (SSSR count). The van der Waals surface area contributed by atoms with Crippen LogP contribution in [0.3, 0.4) is 0 Å². The number of aromatic nitrogens is 2. The van der Waals surface area contributed by atoms with Crippen molar-refractivity contribution in [2.45, 2.75) is 20.4 Å². The molecule has 0 aliphatic heterocycles. The lowest BCUT2D eigenvalue weighted by molar-refractivity contribution is -0.385. The number of carbonyl (C=O) groups is 1. The maximum Gasteiger partial charge on any atom is 0.275 e. The highest BCUT2D eigenvalue weighted by Gasteiger charge is 2.19. The van der Waals surface area contributed by atoms with E-state index in [4.69, 9.17) is 11.6 Å². The zero-order valence-electron chi connectivity index (χ0n) is 11.0. The van der Waals surface area contributed by atoms with Gasteiger partial charge in [0.2, 0.25) is 0 Å². The van der Waals surface area contributed by atoms with E-state index in [9.17, 15) is 14.9 Å². The molecule has 2 aromatic rings. The maximum atomic E-state index is 11.0. The number of halogens is 1. The Morgan fingerprint density at radius 1 is 1.45 bits per heavy atom. The predicted molar refractivity (Wildman–Crippen MR) is 74.3 cm³/mol. The van der Waals surface area contributed by atoms with Gasteiger partial charge in [0.25, 0.3) is 5.69 Å². The Balaban J connectivity index is 2.50. The molecule has 0 radical (unpaired) electrons. The Morgan fingerprint density at radius 2 is 2.15 bits per heavy atom. The van der Waals surface area contributed by atoms with E-state index in [1.165, 1.54) is 12.1 Å². The van der Waals surface area contributed by atoms with Gasteiger partial charge < -0.3 is 0 Å². The molecule has 0 aliphatic rings. The second kappa shape index (κ2) is 5.42. The van der Waals surface area contributed by atoms with Crippen LogP contribution in [0.2, 0.25) is 5.02 Å². The van der Waals surface area contributed by atoms with Crippen LogP contribution in [-0.2, 0) is 6.54 Å². The second-order valence-electron chi connectivity index (χ2n) is 4.35. The summed E-state index contributed by atoms with van der Waals surface area (Å²) in [5.74, 6) is 0. The topological polar surface area (TPSA) is 78.0 Å². The standard InChI is InChI=1S/C13H12ClN3O3/c1-8-11(7-18)9(2)16(15-8)6-10-12(14)4-3-5-13(10)17(19)20/h3-5,7H,6H2,1-2H3. The molecule has 0 aliphatic carbocycles. The number of carbonyl (C=O) groups excluding carboxylic acids is 1. The highest BCUT2D eigenvalue weighted by molar-refractivity contribution is 6.31. The fourth-order valence-corrected chi connectivity index (χ4v) is 2.29. The number of benzene rings is 1. The van der Waals surface area contributed by atoms with E-state index >= 15 is 0 Å². The van der Waals surface area contributed by atoms with E-state index < -0.39 is 4.92 Å². The molecule has 0 unspecified atom stereocenters. The fourth-order valence-electron chi connectivity index (χ4n) is 2.06. The number of nitrogens with zero attached hydrogens (tertiary/aromatic N) is 3. The molecule has 0 saturated heterocycles. The summed E-state index contributed by atoms with van der Waals surface area (Å²) < 4.78 is 1.55. The van der Waals surface area contributed by atoms with Crippen molar-refractivity contribution in [3.63, 3.8) is 0 Å². The van der Waals surface area contributed by atoms with Crippen molar-refractivity contribution in [2.24, 2.45) is 0 Å². The van der Waals surface area contributed by atoms with Gasteiger partial charge in [-0.25, -0.2) is 0 Å². The van der Waals surface area contributed by atoms with Crippen molar-refractivity contribution >= 4 is 23.6 Å². The van der Waals surface area contributed by atoms with Gasteiger partial charge in [-0.3, -0.25) is 19.6 Å². The molecule has 20 heavy (non-hydrogen) atoms. The number of rotatable bonds is 4. The molecule has 6 nitrogen and oxygen atoms in total. The van der Waals surface area contributed by atoms with Gasteiger partial charge in [-0.1, -0.05) is 17.7 Å². The van der Waals surface area contributed by atoms with Crippen LogP contribution in [-0.4, -0.2) is 21.0 Å². The van der Waals surface area contributed by atoms with Crippen molar-refractivity contribution in [1.29, 1.82) is 0 Å². The summed E-state index contributed by atoms with van der Waals surface area (Å²) in [6, 6.07) is 4.52. The molecule has 1 aromatic carbocycles. The molecule has 0 fully saturated rings. The molecule has 104 valence electrons. The Morgan fingerprint density at radius 3 is 2.70 bits per heavy atom. The maximum absolute atomic E-state index is 11.0. The number of nitro benzene ring substituents is 1. The van der Waals surface area contributed by atoms with Gasteiger partial charge in [-0.2, -0.15) is 5.10 Å². The van der Waals surface area contributed by atoms with E-state index in [1.807, 2.05) is 0 Å². The quantitative estimate of drug-likeness (QED) is 0.493. The molecule has 1 aromatic heterocycles.